The van der Waals surface area contributed by atoms with Crippen LogP contribution in [0.2, 0.25) is 0 Å². The van der Waals surface area contributed by atoms with Crippen molar-refractivity contribution < 1.29 is 0 Å². The molecule has 0 aliphatic carbocycles. The predicted molar refractivity (Wildman–Crippen MR) is 60.4 cm³/mol. The van der Waals surface area contributed by atoms with Crippen LogP contribution in [0, 0.1) is 0 Å². The fourth-order valence-corrected chi connectivity index (χ4v) is 1.56. The van der Waals surface area contributed by atoms with Gasteiger partial charge in [0.05, 0.1) is 11.9 Å². The largest absolute Gasteiger partial charge is 0.380 e. The fraction of sp³-hybridized carbons (Fsp3) is 0.727. The molecule has 0 aromatic carbocycles. The number of anilines is 1. The monoisotopic (exact) mass is 195 g/mol. The van der Waals surface area contributed by atoms with Crippen molar-refractivity contribution in [3.8, 4) is 0 Å². The number of nitrogens with zero attached hydrogens (tertiary/aromatic N) is 2. The summed E-state index contributed by atoms with van der Waals surface area (Å²) in [5.41, 5.74) is 1.13. The Morgan fingerprint density at radius 3 is 2.79 bits per heavy atom. The minimum atomic E-state index is 0.596. The molecule has 1 N–H and O–H groups in total. The summed E-state index contributed by atoms with van der Waals surface area (Å²) in [6.07, 6.45) is 8.90. The summed E-state index contributed by atoms with van der Waals surface area (Å²) in [6, 6.07) is 0.596. The van der Waals surface area contributed by atoms with Crippen LogP contribution in [0.25, 0.3) is 0 Å². The minimum Gasteiger partial charge on any atom is -0.380 e. The Balaban J connectivity index is 2.40. The second-order valence-corrected chi connectivity index (χ2v) is 3.79. The Hall–Kier alpha value is -0.990. The van der Waals surface area contributed by atoms with Crippen LogP contribution in [0.5, 0.6) is 0 Å². The van der Waals surface area contributed by atoms with Gasteiger partial charge in [-0.05, 0) is 12.8 Å². The van der Waals surface area contributed by atoms with Gasteiger partial charge in [0.2, 0.25) is 0 Å². The quantitative estimate of drug-likeness (QED) is 0.756. The maximum Gasteiger partial charge on any atom is 0.0728 e. The molecule has 0 aliphatic rings. The first kappa shape index (κ1) is 11.1. The summed E-state index contributed by atoms with van der Waals surface area (Å²) < 4.78 is 1.83. The lowest BCUT2D eigenvalue weighted by Crippen LogP contribution is -2.17. The molecule has 0 spiro atoms. The zero-order chi connectivity index (χ0) is 10.4. The summed E-state index contributed by atoms with van der Waals surface area (Å²) in [5, 5.41) is 7.64. The van der Waals surface area contributed by atoms with Crippen molar-refractivity contribution in [3.63, 3.8) is 0 Å². The lowest BCUT2D eigenvalue weighted by molar-refractivity contribution is 0.593. The van der Waals surface area contributed by atoms with Crippen molar-refractivity contribution in [3.05, 3.63) is 12.4 Å². The van der Waals surface area contributed by atoms with Crippen LogP contribution in [0.1, 0.15) is 39.5 Å². The lowest BCUT2D eigenvalue weighted by atomic mass is 10.1. The van der Waals surface area contributed by atoms with Crippen molar-refractivity contribution in [1.29, 1.82) is 0 Å². The first-order valence-corrected chi connectivity index (χ1v) is 5.51. The smallest absolute Gasteiger partial charge is 0.0728 e. The van der Waals surface area contributed by atoms with E-state index in [-0.39, 0.29) is 0 Å². The molecule has 0 saturated heterocycles. The van der Waals surface area contributed by atoms with E-state index >= 15 is 0 Å². The van der Waals surface area contributed by atoms with Gasteiger partial charge in [-0.15, -0.1) is 0 Å². The molecule has 1 heterocycles. The number of rotatable bonds is 6. The zero-order valence-corrected chi connectivity index (χ0v) is 9.45. The highest BCUT2D eigenvalue weighted by atomic mass is 15.3. The van der Waals surface area contributed by atoms with Crippen molar-refractivity contribution >= 4 is 5.69 Å². The van der Waals surface area contributed by atoms with Crippen LogP contribution in [0.15, 0.2) is 12.4 Å². The summed E-state index contributed by atoms with van der Waals surface area (Å²) in [6.45, 7) is 4.46. The molecule has 1 aromatic heterocycles. The van der Waals surface area contributed by atoms with E-state index in [0.29, 0.717) is 6.04 Å². The van der Waals surface area contributed by atoms with Gasteiger partial charge in [-0.3, -0.25) is 4.68 Å². The number of nitrogens with one attached hydrogen (secondary N) is 1. The number of aryl methyl sites for hydroxylation is 1. The highest BCUT2D eigenvalue weighted by Gasteiger charge is 2.05. The number of aromatic nitrogens is 2. The van der Waals surface area contributed by atoms with Crippen molar-refractivity contribution in [2.45, 2.75) is 45.6 Å². The van der Waals surface area contributed by atoms with E-state index in [1.807, 2.05) is 24.1 Å². The van der Waals surface area contributed by atoms with Gasteiger partial charge in [0, 0.05) is 19.3 Å². The summed E-state index contributed by atoms with van der Waals surface area (Å²) in [4.78, 5) is 0. The van der Waals surface area contributed by atoms with Gasteiger partial charge >= 0.3 is 0 Å². The topological polar surface area (TPSA) is 29.9 Å². The van der Waals surface area contributed by atoms with Crippen LogP contribution in [-0.2, 0) is 7.05 Å². The molecule has 3 nitrogen and oxygen atoms in total. The van der Waals surface area contributed by atoms with Crippen LogP contribution in [-0.4, -0.2) is 15.8 Å². The summed E-state index contributed by atoms with van der Waals surface area (Å²) in [5.74, 6) is 0. The van der Waals surface area contributed by atoms with E-state index in [1.54, 1.807) is 0 Å². The van der Waals surface area contributed by atoms with Gasteiger partial charge in [0.15, 0.2) is 0 Å². The minimum absolute atomic E-state index is 0.596. The van der Waals surface area contributed by atoms with Crippen LogP contribution < -0.4 is 5.32 Å². The summed E-state index contributed by atoms with van der Waals surface area (Å²) in [7, 11) is 1.94. The van der Waals surface area contributed by atoms with Crippen molar-refractivity contribution in [2.24, 2.45) is 7.05 Å². The van der Waals surface area contributed by atoms with E-state index in [9.17, 15) is 0 Å². The van der Waals surface area contributed by atoms with Gasteiger partial charge in [0.1, 0.15) is 0 Å². The first-order valence-electron chi connectivity index (χ1n) is 5.51. The molecule has 0 fully saturated rings. The fourth-order valence-electron chi connectivity index (χ4n) is 1.56. The SMILES string of the molecule is CCCCC(CC)Nc1cnn(C)c1. The lowest BCUT2D eigenvalue weighted by Gasteiger charge is -2.16. The van der Waals surface area contributed by atoms with Crippen LogP contribution >= 0.6 is 0 Å². The second-order valence-electron chi connectivity index (χ2n) is 3.79. The Bertz CT molecular complexity index is 255. The highest BCUT2D eigenvalue weighted by molar-refractivity contribution is 5.39. The molecule has 3 heteroatoms. The molecule has 14 heavy (non-hydrogen) atoms. The third-order valence-electron chi connectivity index (χ3n) is 2.47. The Kier molecular flexibility index (Phi) is 4.50. The first-order chi connectivity index (χ1) is 6.76. The maximum absolute atomic E-state index is 4.14. The van der Waals surface area contributed by atoms with Gasteiger partial charge in [-0.25, -0.2) is 0 Å². The molecule has 80 valence electrons. The molecule has 0 bridgehead atoms. The predicted octanol–water partition coefficient (Wildman–Crippen LogP) is 2.80. The molecular formula is C11H21N3. The van der Waals surface area contributed by atoms with Gasteiger partial charge in [-0.2, -0.15) is 5.10 Å². The Labute approximate surface area is 86.5 Å². The number of hydrogen-bond donors (Lipinski definition) is 1. The Morgan fingerprint density at radius 2 is 2.29 bits per heavy atom. The molecule has 0 amide bonds. The van der Waals surface area contributed by atoms with Crippen molar-refractivity contribution in [1.82, 2.24) is 9.78 Å². The van der Waals surface area contributed by atoms with Crippen molar-refractivity contribution in [2.75, 3.05) is 5.32 Å². The molecule has 0 saturated carbocycles. The average molecular weight is 195 g/mol. The normalized spacial score (nSPS) is 12.8. The number of hydrogen-bond acceptors (Lipinski definition) is 2. The number of unbranched alkanes of at least 4 members (excludes halogenated alkanes) is 1. The standard InChI is InChI=1S/C11H21N3/c1-4-6-7-10(5-2)13-11-8-12-14(3)9-11/h8-10,13H,4-7H2,1-3H3. The van der Waals surface area contributed by atoms with E-state index in [2.05, 4.69) is 24.3 Å². The van der Waals surface area contributed by atoms with Crippen LogP contribution in [0.4, 0.5) is 5.69 Å². The molecule has 1 unspecified atom stereocenters. The second kappa shape index (κ2) is 5.68. The highest BCUT2D eigenvalue weighted by Crippen LogP contribution is 2.12. The molecule has 0 radical (unpaired) electrons. The molecular weight excluding hydrogens is 174 g/mol. The van der Waals surface area contributed by atoms with Gasteiger partial charge in [0.25, 0.3) is 0 Å². The maximum atomic E-state index is 4.14. The Morgan fingerprint density at radius 1 is 1.50 bits per heavy atom. The summed E-state index contributed by atoms with van der Waals surface area (Å²) >= 11 is 0. The molecule has 1 atom stereocenters. The third-order valence-corrected chi connectivity index (χ3v) is 2.47. The van der Waals surface area contributed by atoms with E-state index in [4.69, 9.17) is 0 Å². The molecule has 1 aromatic rings. The van der Waals surface area contributed by atoms with E-state index in [0.717, 1.165) is 5.69 Å². The third kappa shape index (κ3) is 3.40. The van der Waals surface area contributed by atoms with Crippen LogP contribution in [0.3, 0.4) is 0 Å². The average Bonchev–Trinajstić information content (AvgIpc) is 2.58. The molecule has 1 rings (SSSR count). The van der Waals surface area contributed by atoms with Gasteiger partial charge < -0.3 is 5.32 Å². The molecule has 0 aliphatic heterocycles. The van der Waals surface area contributed by atoms with E-state index < -0.39 is 0 Å². The zero-order valence-electron chi connectivity index (χ0n) is 9.45. The van der Waals surface area contributed by atoms with Gasteiger partial charge in [-0.1, -0.05) is 26.7 Å². The van der Waals surface area contributed by atoms with E-state index in [1.165, 1.54) is 25.7 Å².